The van der Waals surface area contributed by atoms with Crippen molar-refractivity contribution < 1.29 is 4.42 Å². The van der Waals surface area contributed by atoms with Gasteiger partial charge in [0.05, 0.1) is 0 Å². The van der Waals surface area contributed by atoms with Gasteiger partial charge in [-0.3, -0.25) is 14.3 Å². The van der Waals surface area contributed by atoms with Crippen LogP contribution >= 0.6 is 11.6 Å². The number of H-pyrrole nitrogens is 1. The Morgan fingerprint density at radius 2 is 2.12 bits per heavy atom. The van der Waals surface area contributed by atoms with Crippen molar-refractivity contribution in [2.75, 3.05) is 0 Å². The van der Waals surface area contributed by atoms with E-state index in [4.69, 9.17) is 16.0 Å². The van der Waals surface area contributed by atoms with Gasteiger partial charge in [0, 0.05) is 12.6 Å². The highest BCUT2D eigenvalue weighted by Gasteiger charge is 2.08. The summed E-state index contributed by atoms with van der Waals surface area (Å²) in [4.78, 5) is 24.6. The van der Waals surface area contributed by atoms with Gasteiger partial charge in [0.1, 0.15) is 11.6 Å². The quantitative estimate of drug-likeness (QED) is 0.846. The van der Waals surface area contributed by atoms with E-state index in [1.165, 1.54) is 10.8 Å². The molecule has 0 atom stereocenters. The fourth-order valence-corrected chi connectivity index (χ4v) is 1.41. The predicted octanol–water partition coefficient (Wildman–Crippen LogP) is 0.184. The number of halogens is 1. The Morgan fingerprint density at radius 3 is 2.76 bits per heavy atom. The van der Waals surface area contributed by atoms with E-state index in [2.05, 4.69) is 15.2 Å². The number of hydrogen-bond donors (Lipinski definition) is 1. The van der Waals surface area contributed by atoms with Gasteiger partial charge in [-0.25, -0.2) is 4.79 Å². The van der Waals surface area contributed by atoms with E-state index in [0.29, 0.717) is 12.3 Å². The van der Waals surface area contributed by atoms with Crippen LogP contribution in [0.15, 0.2) is 20.2 Å². The number of aromatic nitrogens is 4. The van der Waals surface area contributed by atoms with Crippen molar-refractivity contribution in [2.45, 2.75) is 19.9 Å². The maximum Gasteiger partial charge on any atom is 0.328 e. The van der Waals surface area contributed by atoms with Crippen LogP contribution in [0, 0.1) is 0 Å². The van der Waals surface area contributed by atoms with E-state index in [1.807, 2.05) is 6.92 Å². The van der Waals surface area contributed by atoms with E-state index in [1.54, 1.807) is 0 Å². The summed E-state index contributed by atoms with van der Waals surface area (Å²) in [6.07, 6.45) is 1.85. The van der Waals surface area contributed by atoms with Crippen LogP contribution in [0.2, 0.25) is 5.02 Å². The third kappa shape index (κ3) is 2.44. The molecular weight excluding hydrogens is 248 g/mol. The van der Waals surface area contributed by atoms with Gasteiger partial charge >= 0.3 is 5.69 Å². The van der Waals surface area contributed by atoms with Gasteiger partial charge in [0.25, 0.3) is 5.56 Å². The molecule has 90 valence electrons. The zero-order valence-electron chi connectivity index (χ0n) is 8.94. The van der Waals surface area contributed by atoms with Gasteiger partial charge in [0.2, 0.25) is 11.8 Å². The van der Waals surface area contributed by atoms with Gasteiger partial charge in [-0.05, 0) is 0 Å². The molecule has 7 nitrogen and oxygen atoms in total. The number of aryl methyl sites for hydroxylation is 1. The molecule has 0 fully saturated rings. The van der Waals surface area contributed by atoms with Crippen LogP contribution in [0.3, 0.4) is 0 Å². The lowest BCUT2D eigenvalue weighted by Crippen LogP contribution is -2.30. The first kappa shape index (κ1) is 11.6. The van der Waals surface area contributed by atoms with Gasteiger partial charge in [-0.2, -0.15) is 0 Å². The van der Waals surface area contributed by atoms with Gasteiger partial charge < -0.3 is 4.42 Å². The second-order valence-electron chi connectivity index (χ2n) is 3.31. The molecule has 0 saturated carbocycles. The average Bonchev–Trinajstić information content (AvgIpc) is 2.73. The Balaban J connectivity index is 2.33. The smallest absolute Gasteiger partial charge is 0.328 e. The number of hydrogen-bond acceptors (Lipinski definition) is 5. The van der Waals surface area contributed by atoms with E-state index in [0.717, 1.165) is 0 Å². The number of nitrogens with zero attached hydrogens (tertiary/aromatic N) is 3. The molecule has 2 aromatic rings. The highest BCUT2D eigenvalue weighted by molar-refractivity contribution is 6.30. The first-order valence-corrected chi connectivity index (χ1v) is 5.28. The minimum absolute atomic E-state index is 0.0696. The van der Waals surface area contributed by atoms with Crippen molar-refractivity contribution >= 4 is 11.6 Å². The van der Waals surface area contributed by atoms with Gasteiger partial charge in [-0.1, -0.05) is 18.5 Å². The Labute approximate surface area is 100 Å². The lowest BCUT2D eigenvalue weighted by atomic mass is 10.5. The monoisotopic (exact) mass is 256 g/mol. The maximum absolute atomic E-state index is 11.4. The van der Waals surface area contributed by atoms with Crippen molar-refractivity contribution in [1.29, 1.82) is 0 Å². The Bertz CT molecular complexity index is 642. The van der Waals surface area contributed by atoms with Crippen molar-refractivity contribution in [3.8, 4) is 0 Å². The first-order chi connectivity index (χ1) is 8.10. The molecule has 0 bridgehead atoms. The maximum atomic E-state index is 11.4. The molecule has 0 aromatic carbocycles. The fourth-order valence-electron chi connectivity index (χ4n) is 1.24. The highest BCUT2D eigenvalue weighted by atomic mass is 35.5. The summed E-state index contributed by atoms with van der Waals surface area (Å²) in [5.74, 6) is 0.774. The summed E-state index contributed by atoms with van der Waals surface area (Å²) in [5, 5.41) is 7.46. The van der Waals surface area contributed by atoms with Crippen molar-refractivity contribution in [3.05, 3.63) is 43.8 Å². The molecule has 0 aliphatic carbocycles. The molecule has 0 aliphatic rings. The van der Waals surface area contributed by atoms with Crippen molar-refractivity contribution in [2.24, 2.45) is 0 Å². The molecule has 17 heavy (non-hydrogen) atoms. The molecule has 0 aliphatic heterocycles. The standard InChI is InChI=1S/C9H9ClN4O3/c1-2-6-12-13-7(17-6)4-14-3-5(10)8(15)11-9(14)16/h3H,2,4H2,1H3,(H,11,15,16). The second-order valence-corrected chi connectivity index (χ2v) is 3.71. The van der Waals surface area contributed by atoms with Crippen molar-refractivity contribution in [3.63, 3.8) is 0 Å². The molecule has 2 heterocycles. The molecule has 1 N–H and O–H groups in total. The number of rotatable bonds is 3. The number of aromatic amines is 1. The molecule has 0 saturated heterocycles. The lowest BCUT2D eigenvalue weighted by Gasteiger charge is -2.00. The van der Waals surface area contributed by atoms with Gasteiger partial charge in [-0.15, -0.1) is 10.2 Å². The van der Waals surface area contributed by atoms with Crippen LogP contribution in [-0.2, 0) is 13.0 Å². The van der Waals surface area contributed by atoms with Crippen LogP contribution in [0.5, 0.6) is 0 Å². The zero-order valence-corrected chi connectivity index (χ0v) is 9.69. The van der Waals surface area contributed by atoms with Crippen LogP contribution in [0.1, 0.15) is 18.7 Å². The van der Waals surface area contributed by atoms with E-state index < -0.39 is 11.2 Å². The third-order valence-electron chi connectivity index (χ3n) is 2.08. The predicted molar refractivity (Wildman–Crippen MR) is 59.1 cm³/mol. The Kier molecular flexibility index (Phi) is 3.10. The topological polar surface area (TPSA) is 93.8 Å². The average molecular weight is 257 g/mol. The van der Waals surface area contributed by atoms with E-state index >= 15 is 0 Å². The molecule has 2 rings (SSSR count). The van der Waals surface area contributed by atoms with Gasteiger partial charge in [0.15, 0.2) is 0 Å². The minimum atomic E-state index is -0.618. The Morgan fingerprint density at radius 1 is 1.41 bits per heavy atom. The van der Waals surface area contributed by atoms with E-state index in [-0.39, 0.29) is 17.5 Å². The van der Waals surface area contributed by atoms with Crippen LogP contribution in [-0.4, -0.2) is 19.7 Å². The third-order valence-corrected chi connectivity index (χ3v) is 2.35. The molecular formula is C9H9ClN4O3. The van der Waals surface area contributed by atoms with Crippen molar-refractivity contribution in [1.82, 2.24) is 19.7 Å². The minimum Gasteiger partial charge on any atom is -0.423 e. The highest BCUT2D eigenvalue weighted by Crippen LogP contribution is 2.03. The van der Waals surface area contributed by atoms with Crippen LogP contribution < -0.4 is 11.2 Å². The Hall–Kier alpha value is -1.89. The molecule has 0 unspecified atom stereocenters. The molecule has 0 amide bonds. The zero-order chi connectivity index (χ0) is 12.4. The van der Waals surface area contributed by atoms with Crippen LogP contribution in [0.4, 0.5) is 0 Å². The summed E-state index contributed by atoms with van der Waals surface area (Å²) in [6.45, 7) is 1.95. The second kappa shape index (κ2) is 4.54. The summed E-state index contributed by atoms with van der Waals surface area (Å²) >= 11 is 5.61. The first-order valence-electron chi connectivity index (χ1n) is 4.90. The van der Waals surface area contributed by atoms with E-state index in [9.17, 15) is 9.59 Å². The lowest BCUT2D eigenvalue weighted by molar-refractivity contribution is 0.438. The summed E-state index contributed by atoms with van der Waals surface area (Å²) in [5.41, 5.74) is -1.19. The summed E-state index contributed by atoms with van der Waals surface area (Å²) < 4.78 is 6.44. The SMILES string of the molecule is CCc1nnc(Cn2cc(Cl)c(=O)[nH]c2=O)o1. The molecule has 0 spiro atoms. The molecule has 8 heteroatoms. The number of nitrogens with one attached hydrogen (secondary N) is 1. The van der Waals surface area contributed by atoms with Crippen LogP contribution in [0.25, 0.3) is 0 Å². The largest absolute Gasteiger partial charge is 0.423 e. The summed E-state index contributed by atoms with van der Waals surface area (Å²) in [6, 6.07) is 0. The molecule has 0 radical (unpaired) electrons. The molecule has 2 aromatic heterocycles. The fraction of sp³-hybridized carbons (Fsp3) is 0.333. The summed E-state index contributed by atoms with van der Waals surface area (Å²) in [7, 11) is 0. The normalized spacial score (nSPS) is 10.7.